The lowest BCUT2D eigenvalue weighted by Crippen LogP contribution is -2.54. The summed E-state index contributed by atoms with van der Waals surface area (Å²) in [4.78, 5) is 0. The van der Waals surface area contributed by atoms with Crippen LogP contribution in [0.4, 0.5) is 26.3 Å². The van der Waals surface area contributed by atoms with Gasteiger partial charge in [0.25, 0.3) is 5.60 Å². The average Bonchev–Trinajstić information content (AvgIpc) is 2.63. The molecule has 30 heavy (non-hydrogen) atoms. The second-order valence-corrected chi connectivity index (χ2v) is 7.53. The second kappa shape index (κ2) is 7.80. The number of hydrogen-bond acceptors (Lipinski definition) is 2. The van der Waals surface area contributed by atoms with Crippen molar-refractivity contribution in [2.45, 2.75) is 63.9 Å². The molecule has 0 aliphatic rings. The minimum atomic E-state index is -5.93. The average molecular weight is 434 g/mol. The molecule has 0 amide bonds. The van der Waals surface area contributed by atoms with E-state index in [2.05, 4.69) is 0 Å². The summed E-state index contributed by atoms with van der Waals surface area (Å²) in [5.41, 5.74) is -5.27. The molecule has 0 bridgehead atoms. The highest BCUT2D eigenvalue weighted by Crippen LogP contribution is 2.51. The molecule has 8 heteroatoms. The van der Waals surface area contributed by atoms with Gasteiger partial charge in [-0.3, -0.25) is 0 Å². The molecule has 0 aliphatic carbocycles. The van der Waals surface area contributed by atoms with E-state index in [4.69, 9.17) is 0 Å². The van der Waals surface area contributed by atoms with Crippen molar-refractivity contribution in [3.63, 3.8) is 0 Å². The third-order valence-corrected chi connectivity index (χ3v) is 5.95. The third kappa shape index (κ3) is 3.66. The van der Waals surface area contributed by atoms with Crippen molar-refractivity contribution in [3.8, 4) is 5.75 Å². The fraction of sp³-hybridized carbons (Fsp3) is 0.455. The molecule has 2 aromatic carbocycles. The van der Waals surface area contributed by atoms with Gasteiger partial charge in [0, 0.05) is 11.0 Å². The van der Waals surface area contributed by atoms with Gasteiger partial charge in [-0.15, -0.1) is 0 Å². The van der Waals surface area contributed by atoms with E-state index < -0.39 is 28.9 Å². The van der Waals surface area contributed by atoms with E-state index in [0.29, 0.717) is 30.0 Å². The van der Waals surface area contributed by atoms with Crippen LogP contribution in [0, 0.1) is 13.8 Å². The van der Waals surface area contributed by atoms with Crippen LogP contribution in [0.1, 0.15) is 54.5 Å². The van der Waals surface area contributed by atoms with Gasteiger partial charge in [-0.25, -0.2) is 0 Å². The van der Waals surface area contributed by atoms with E-state index in [1.54, 1.807) is 19.1 Å². The maximum absolute atomic E-state index is 13.3. The lowest BCUT2D eigenvalue weighted by atomic mass is 9.69. The number of aliphatic hydroxyl groups is 1. The van der Waals surface area contributed by atoms with Crippen molar-refractivity contribution >= 4 is 0 Å². The molecule has 2 aromatic rings. The minimum Gasteiger partial charge on any atom is -0.508 e. The predicted molar refractivity (Wildman–Crippen MR) is 101 cm³/mol. The molecule has 0 radical (unpaired) electrons. The standard InChI is InChI=1S/C22H24F6O2/c1-5-19(6-2,16-8-10-18(29)14(4)12-16)15-7-9-17(13(3)11-15)20(30,21(23,24)25)22(26,27)28/h7-12,29-30H,5-6H2,1-4H3. The maximum atomic E-state index is 13.3. The summed E-state index contributed by atoms with van der Waals surface area (Å²) in [5.74, 6) is 0.0896. The molecule has 0 aromatic heterocycles. The molecular weight excluding hydrogens is 410 g/mol. The van der Waals surface area contributed by atoms with E-state index in [-0.39, 0.29) is 11.3 Å². The van der Waals surface area contributed by atoms with Gasteiger partial charge < -0.3 is 10.2 Å². The molecule has 0 aliphatic heterocycles. The first kappa shape index (κ1) is 24.1. The molecule has 0 atom stereocenters. The molecular formula is C22H24F6O2. The molecule has 0 saturated heterocycles. The molecule has 166 valence electrons. The van der Waals surface area contributed by atoms with Crippen LogP contribution < -0.4 is 0 Å². The number of rotatable bonds is 5. The Morgan fingerprint density at radius 1 is 0.733 bits per heavy atom. The van der Waals surface area contributed by atoms with Crippen LogP contribution in [0.5, 0.6) is 5.75 Å². The molecule has 0 fully saturated rings. The first-order valence-electron chi connectivity index (χ1n) is 9.43. The smallest absolute Gasteiger partial charge is 0.430 e. The van der Waals surface area contributed by atoms with Crippen molar-refractivity contribution < 1.29 is 36.6 Å². The van der Waals surface area contributed by atoms with E-state index in [0.717, 1.165) is 12.5 Å². The molecule has 0 heterocycles. The highest BCUT2D eigenvalue weighted by Gasteiger charge is 2.71. The molecule has 0 saturated carbocycles. The Hall–Kier alpha value is -2.22. The molecule has 0 unspecified atom stereocenters. The highest BCUT2D eigenvalue weighted by molar-refractivity contribution is 5.47. The first-order valence-corrected chi connectivity index (χ1v) is 9.43. The zero-order chi connectivity index (χ0) is 23.1. The van der Waals surface area contributed by atoms with Crippen LogP contribution in [-0.2, 0) is 11.0 Å². The second-order valence-electron chi connectivity index (χ2n) is 7.53. The van der Waals surface area contributed by atoms with Crippen LogP contribution in [0.25, 0.3) is 0 Å². The Balaban J connectivity index is 2.72. The summed E-state index contributed by atoms with van der Waals surface area (Å²) in [6.07, 6.45) is -10.8. The zero-order valence-corrected chi connectivity index (χ0v) is 17.0. The minimum absolute atomic E-state index is 0.0896. The molecule has 2 nitrogen and oxygen atoms in total. The zero-order valence-electron chi connectivity index (χ0n) is 17.0. The normalized spacial score (nSPS) is 13.6. The predicted octanol–water partition coefficient (Wildman–Crippen LogP) is 6.43. The number of halogens is 6. The Kier molecular flexibility index (Phi) is 6.25. The highest BCUT2D eigenvalue weighted by atomic mass is 19.4. The van der Waals surface area contributed by atoms with Crippen molar-refractivity contribution in [3.05, 3.63) is 64.2 Å². The quantitative estimate of drug-likeness (QED) is 0.533. The number of phenolic OH excluding ortho intramolecular Hbond substituents is 1. The number of alkyl halides is 6. The Bertz CT molecular complexity index is 897. The van der Waals surface area contributed by atoms with Crippen molar-refractivity contribution in [1.29, 1.82) is 0 Å². The van der Waals surface area contributed by atoms with Gasteiger partial charge in [-0.05, 0) is 55.0 Å². The number of phenols is 1. The largest absolute Gasteiger partial charge is 0.508 e. The third-order valence-electron chi connectivity index (χ3n) is 5.95. The SMILES string of the molecule is CCC(CC)(c1ccc(O)c(C)c1)c1ccc(C(O)(C(F)(F)F)C(F)(F)F)c(C)c1. The number of benzene rings is 2. The van der Waals surface area contributed by atoms with Gasteiger partial charge in [-0.2, -0.15) is 26.3 Å². The summed E-state index contributed by atoms with van der Waals surface area (Å²) < 4.78 is 79.7. The maximum Gasteiger partial charge on any atom is 0.430 e. The van der Waals surface area contributed by atoms with Gasteiger partial charge in [0.05, 0.1) is 0 Å². The Labute approximate surface area is 171 Å². The van der Waals surface area contributed by atoms with Crippen molar-refractivity contribution in [1.82, 2.24) is 0 Å². The lowest BCUT2D eigenvalue weighted by molar-refractivity contribution is -0.376. The van der Waals surface area contributed by atoms with E-state index in [9.17, 15) is 36.6 Å². The van der Waals surface area contributed by atoms with E-state index >= 15 is 0 Å². The van der Waals surface area contributed by atoms with E-state index in [1.807, 2.05) is 13.8 Å². The Morgan fingerprint density at radius 2 is 1.17 bits per heavy atom. The fourth-order valence-electron chi connectivity index (χ4n) is 4.02. The first-order chi connectivity index (χ1) is 13.7. The topological polar surface area (TPSA) is 40.5 Å². The van der Waals surface area contributed by atoms with Crippen LogP contribution in [0.15, 0.2) is 36.4 Å². The summed E-state index contributed by atoms with van der Waals surface area (Å²) in [6, 6.07) is 8.15. The van der Waals surface area contributed by atoms with Crippen LogP contribution in [0.2, 0.25) is 0 Å². The number of hydrogen-bond donors (Lipinski definition) is 2. The summed E-state index contributed by atoms with van der Waals surface area (Å²) in [5, 5.41) is 19.6. The van der Waals surface area contributed by atoms with E-state index in [1.165, 1.54) is 18.2 Å². The molecule has 2 rings (SSSR count). The number of aromatic hydroxyl groups is 1. The van der Waals surface area contributed by atoms with Crippen molar-refractivity contribution in [2.24, 2.45) is 0 Å². The van der Waals surface area contributed by atoms with Gasteiger partial charge in [0.15, 0.2) is 0 Å². The molecule has 2 N–H and O–H groups in total. The van der Waals surface area contributed by atoms with Crippen LogP contribution in [-0.4, -0.2) is 22.6 Å². The van der Waals surface area contributed by atoms with Gasteiger partial charge in [0.1, 0.15) is 5.75 Å². The monoisotopic (exact) mass is 434 g/mol. The van der Waals surface area contributed by atoms with Gasteiger partial charge in [-0.1, -0.05) is 44.2 Å². The summed E-state index contributed by atoms with van der Waals surface area (Å²) in [7, 11) is 0. The summed E-state index contributed by atoms with van der Waals surface area (Å²) >= 11 is 0. The van der Waals surface area contributed by atoms with Gasteiger partial charge in [0.2, 0.25) is 0 Å². The summed E-state index contributed by atoms with van der Waals surface area (Å²) in [6.45, 7) is 6.57. The van der Waals surface area contributed by atoms with Crippen LogP contribution >= 0.6 is 0 Å². The number of aryl methyl sites for hydroxylation is 2. The lowest BCUT2D eigenvalue weighted by Gasteiger charge is -2.36. The fourth-order valence-corrected chi connectivity index (χ4v) is 4.02. The van der Waals surface area contributed by atoms with Gasteiger partial charge >= 0.3 is 12.4 Å². The molecule has 0 spiro atoms. The Morgan fingerprint density at radius 3 is 1.53 bits per heavy atom. The van der Waals surface area contributed by atoms with Crippen LogP contribution in [0.3, 0.4) is 0 Å². The van der Waals surface area contributed by atoms with Crippen molar-refractivity contribution in [2.75, 3.05) is 0 Å².